The molecule has 24 rings (SSSR count). The molecular weight excluding hydrogens is 1360 g/mol. The molecule has 12 nitrogen and oxygen atoms in total. The molecule has 0 aliphatic rings. The van der Waals surface area contributed by atoms with Gasteiger partial charge in [0.2, 0.25) is 11.8 Å². The predicted octanol–water partition coefficient (Wildman–Crippen LogP) is 27.7. The Bertz CT molecular complexity index is 7950. The summed E-state index contributed by atoms with van der Waals surface area (Å²) >= 11 is 0. The first kappa shape index (κ1) is 60.2. The number of hydrogen-bond donors (Lipinski definition) is 0. The first-order valence-electron chi connectivity index (χ1n) is 36.8. The zero-order chi connectivity index (χ0) is 71.8. The quantitative estimate of drug-likeness (QED) is 0.124. The highest BCUT2D eigenvalue weighted by atomic mass is 16.4. The first-order valence-corrected chi connectivity index (χ1v) is 36.8. The van der Waals surface area contributed by atoms with Gasteiger partial charge in [-0.2, -0.15) is 0 Å². The topological polar surface area (TPSA) is 121 Å². The van der Waals surface area contributed by atoms with E-state index in [-0.39, 0.29) is 0 Å². The summed E-state index contributed by atoms with van der Waals surface area (Å²) in [5.74, 6) is 1.05. The van der Waals surface area contributed by atoms with E-state index in [2.05, 4.69) is 298 Å². The minimum atomic E-state index is 0.489. The molecule has 0 fully saturated rings. The van der Waals surface area contributed by atoms with Gasteiger partial charge in [0.1, 0.15) is 55.7 Å². The van der Waals surface area contributed by atoms with E-state index in [1.54, 1.807) is 0 Å². The van der Waals surface area contributed by atoms with E-state index in [1.807, 2.05) is 60.7 Å². The van der Waals surface area contributed by atoms with Crippen molar-refractivity contribution >= 4 is 188 Å². The van der Waals surface area contributed by atoms with Crippen LogP contribution in [-0.2, 0) is 0 Å². The molecule has 8 heterocycles. The molecule has 24 aromatic rings. The van der Waals surface area contributed by atoms with E-state index in [0.717, 1.165) is 194 Å². The molecular formula is C98H56N6O6. The monoisotopic (exact) mass is 1410 g/mol. The maximum absolute atomic E-state index is 7.17. The summed E-state index contributed by atoms with van der Waals surface area (Å²) < 4.78 is 45.1. The lowest BCUT2D eigenvalue weighted by Gasteiger charge is -2.27. The van der Waals surface area contributed by atoms with E-state index in [9.17, 15) is 0 Å². The minimum Gasteiger partial charge on any atom is -0.456 e. The van der Waals surface area contributed by atoms with Crippen LogP contribution in [0.25, 0.3) is 199 Å². The van der Waals surface area contributed by atoms with Crippen molar-refractivity contribution in [3.8, 4) is 45.4 Å². The molecule has 0 unspecified atom stereocenters. The van der Waals surface area contributed by atoms with Gasteiger partial charge in [-0.3, -0.25) is 0 Å². The minimum absolute atomic E-state index is 0.489. The molecule has 0 N–H and O–H groups in total. The number of furan rings is 4. The third kappa shape index (κ3) is 9.14. The van der Waals surface area contributed by atoms with Crippen LogP contribution in [0.3, 0.4) is 0 Å². The van der Waals surface area contributed by atoms with Gasteiger partial charge in [0.15, 0.2) is 11.2 Å². The zero-order valence-electron chi connectivity index (χ0n) is 58.5. The van der Waals surface area contributed by atoms with Gasteiger partial charge < -0.3 is 45.4 Å². The SMILES string of the molecule is c1ccc(-c2nc3cc4oc5ccc(N(c6ccc7c(c6)oc6c(-c8cccc(-c9nc%10cc%11c(cc%10o9)oc9ccc(N(c%10ccc%12c(c%10)oc%10ccccc%10%12)c%10cccc%12c%13ccccc%13n(-c%13ccccc%13)c%10%12)cc9%11)c8)cccc67)c6ccc7c(c6)c6ccccc6n7-c6ccccc6)cc5c4cc3o2)cc1. The third-order valence-corrected chi connectivity index (χ3v) is 22.1. The molecule has 0 amide bonds. The fraction of sp³-hybridized carbons (Fsp3) is 0. The molecule has 0 saturated carbocycles. The molecule has 0 saturated heterocycles. The highest BCUT2D eigenvalue weighted by Gasteiger charge is 2.27. The number of rotatable bonds is 11. The highest BCUT2D eigenvalue weighted by molar-refractivity contribution is 6.18. The number of oxazole rings is 2. The molecule has 8 aromatic heterocycles. The van der Waals surface area contributed by atoms with Crippen LogP contribution in [0.1, 0.15) is 0 Å². The highest BCUT2D eigenvalue weighted by Crippen LogP contribution is 2.50. The lowest BCUT2D eigenvalue weighted by Crippen LogP contribution is -2.11. The Kier molecular flexibility index (Phi) is 12.7. The van der Waals surface area contributed by atoms with E-state index in [0.29, 0.717) is 34.0 Å². The van der Waals surface area contributed by atoms with Gasteiger partial charge in [0.25, 0.3) is 0 Å². The van der Waals surface area contributed by atoms with Gasteiger partial charge in [-0.1, -0.05) is 152 Å². The second kappa shape index (κ2) is 23.2. The second-order valence-corrected chi connectivity index (χ2v) is 28.3. The lowest BCUT2D eigenvalue weighted by molar-refractivity contribution is 0.617. The van der Waals surface area contributed by atoms with Crippen molar-refractivity contribution in [1.82, 2.24) is 19.1 Å². The summed E-state index contributed by atoms with van der Waals surface area (Å²) in [6, 6.07) is 119. The Morgan fingerprint density at radius 2 is 0.682 bits per heavy atom. The summed E-state index contributed by atoms with van der Waals surface area (Å²) in [5, 5.41) is 12.5. The van der Waals surface area contributed by atoms with Gasteiger partial charge in [0.05, 0.1) is 27.8 Å². The Balaban J connectivity index is 0.609. The van der Waals surface area contributed by atoms with Crippen molar-refractivity contribution in [3.63, 3.8) is 0 Å². The lowest BCUT2D eigenvalue weighted by atomic mass is 10.0. The molecule has 0 bridgehead atoms. The Morgan fingerprint density at radius 3 is 1.43 bits per heavy atom. The number of para-hydroxylation sites is 7. The van der Waals surface area contributed by atoms with Gasteiger partial charge in [0, 0.05) is 145 Å². The smallest absolute Gasteiger partial charge is 0.227 e. The van der Waals surface area contributed by atoms with E-state index >= 15 is 0 Å². The van der Waals surface area contributed by atoms with Crippen molar-refractivity contribution < 1.29 is 26.5 Å². The molecule has 514 valence electrons. The van der Waals surface area contributed by atoms with E-state index in [1.165, 1.54) is 5.39 Å². The van der Waals surface area contributed by atoms with Gasteiger partial charge in [-0.15, -0.1) is 0 Å². The van der Waals surface area contributed by atoms with Crippen LogP contribution in [0, 0.1) is 0 Å². The number of benzene rings is 16. The van der Waals surface area contributed by atoms with Crippen LogP contribution < -0.4 is 9.80 Å². The predicted molar refractivity (Wildman–Crippen MR) is 445 cm³/mol. The maximum atomic E-state index is 7.17. The van der Waals surface area contributed by atoms with Crippen LogP contribution in [0.4, 0.5) is 34.1 Å². The summed E-state index contributed by atoms with van der Waals surface area (Å²) in [6.45, 7) is 0. The van der Waals surface area contributed by atoms with Crippen LogP contribution >= 0.6 is 0 Å². The van der Waals surface area contributed by atoms with Gasteiger partial charge >= 0.3 is 0 Å². The number of fused-ring (bicyclic) bond motifs is 20. The average Bonchev–Trinajstić information content (AvgIpc) is 1.55. The molecule has 12 heteroatoms. The standard InChI is InChI=1S/C98H56N6O6/c1-4-19-57(20-5-1)97-100-81-55-91-79(54-93(81)109-97)77-49-63(40-45-88(77)106-91)101(62-39-44-84-75(48-62)69-28-11-13-33-82(69)103(84)60-23-6-2-7-24-60)65-37-43-72-74-32-17-30-67(96(74)108-90(72)51-65)58-21-16-22-59(47-58)98-99-80-53-78-76-50-64(41-46-87(76)107-92(78)56-94(80)110-98)102(66-38-42-71-70-29-12-15-36-86(70)105-89(71)52-66)85-35-18-31-73-68-27-10-14-34-83(68)104(95(73)85)61-25-8-3-9-26-61/h1-56H. The summed E-state index contributed by atoms with van der Waals surface area (Å²) in [5.41, 5.74) is 24.8. The molecule has 0 radical (unpaired) electrons. The first-order chi connectivity index (χ1) is 54.5. The number of nitrogens with zero attached hydrogens (tertiary/aromatic N) is 6. The van der Waals surface area contributed by atoms with Crippen molar-refractivity contribution in [1.29, 1.82) is 0 Å². The van der Waals surface area contributed by atoms with E-state index < -0.39 is 0 Å². The molecule has 0 aliphatic heterocycles. The summed E-state index contributed by atoms with van der Waals surface area (Å²) in [6.07, 6.45) is 0. The zero-order valence-corrected chi connectivity index (χ0v) is 58.5. The average molecular weight is 1410 g/mol. The molecule has 0 atom stereocenters. The molecule has 110 heavy (non-hydrogen) atoms. The van der Waals surface area contributed by atoms with Crippen LogP contribution in [0.5, 0.6) is 0 Å². The number of aromatic nitrogens is 4. The van der Waals surface area contributed by atoms with Crippen LogP contribution in [-0.4, -0.2) is 19.1 Å². The van der Waals surface area contributed by atoms with Crippen LogP contribution in [0.2, 0.25) is 0 Å². The van der Waals surface area contributed by atoms with Gasteiger partial charge in [-0.25, -0.2) is 9.97 Å². The van der Waals surface area contributed by atoms with E-state index in [4.69, 9.17) is 36.5 Å². The van der Waals surface area contributed by atoms with Crippen LogP contribution in [0.15, 0.2) is 366 Å². The molecule has 0 aliphatic carbocycles. The van der Waals surface area contributed by atoms with Crippen molar-refractivity contribution in [2.75, 3.05) is 9.80 Å². The third-order valence-electron chi connectivity index (χ3n) is 22.1. The normalized spacial score (nSPS) is 12.2. The van der Waals surface area contributed by atoms with Crippen molar-refractivity contribution in [3.05, 3.63) is 340 Å². The maximum Gasteiger partial charge on any atom is 0.227 e. The second-order valence-electron chi connectivity index (χ2n) is 28.3. The number of anilines is 6. The Hall–Kier alpha value is -15.1. The Labute approximate surface area is 624 Å². The summed E-state index contributed by atoms with van der Waals surface area (Å²) in [7, 11) is 0. The fourth-order valence-electron chi connectivity index (χ4n) is 17.2. The molecule has 16 aromatic carbocycles. The summed E-state index contributed by atoms with van der Waals surface area (Å²) in [4.78, 5) is 14.8. The van der Waals surface area contributed by atoms with Crippen molar-refractivity contribution in [2.45, 2.75) is 0 Å². The van der Waals surface area contributed by atoms with Crippen molar-refractivity contribution in [2.24, 2.45) is 0 Å². The Morgan fingerprint density at radius 1 is 0.227 bits per heavy atom. The largest absolute Gasteiger partial charge is 0.456 e. The van der Waals surface area contributed by atoms with Gasteiger partial charge in [-0.05, 0) is 169 Å². The fourth-order valence-corrected chi connectivity index (χ4v) is 17.2. The molecule has 0 spiro atoms. The number of hydrogen-bond acceptors (Lipinski definition) is 10.